The molecule has 0 aliphatic heterocycles. The average Bonchev–Trinajstić information content (AvgIpc) is 3.19. The van der Waals surface area contributed by atoms with E-state index in [1.165, 1.54) is 5.56 Å². The summed E-state index contributed by atoms with van der Waals surface area (Å²) < 4.78 is 1.99. The lowest BCUT2D eigenvalue weighted by Crippen LogP contribution is -2.07. The van der Waals surface area contributed by atoms with Gasteiger partial charge in [-0.25, -0.2) is 14.5 Å². The van der Waals surface area contributed by atoms with Crippen molar-refractivity contribution in [2.45, 2.75) is 39.2 Å². The molecule has 0 unspecified atom stereocenters. The van der Waals surface area contributed by atoms with Crippen LogP contribution in [0.1, 0.15) is 52.9 Å². The number of aromatic nitrogens is 4. The molecule has 0 amide bonds. The van der Waals surface area contributed by atoms with E-state index in [0.29, 0.717) is 18.7 Å². The molecule has 4 aromatic rings. The molecule has 0 radical (unpaired) electrons. The van der Waals surface area contributed by atoms with Gasteiger partial charge in [-0.2, -0.15) is 5.10 Å². The van der Waals surface area contributed by atoms with Gasteiger partial charge in [-0.15, -0.1) is 0 Å². The van der Waals surface area contributed by atoms with E-state index in [9.17, 15) is 9.90 Å². The minimum atomic E-state index is -0.980. The van der Waals surface area contributed by atoms with Gasteiger partial charge in [0.1, 0.15) is 5.82 Å². The van der Waals surface area contributed by atoms with Gasteiger partial charge >= 0.3 is 5.97 Å². The molecule has 6 nitrogen and oxygen atoms in total. The molecule has 0 fully saturated rings. The minimum Gasteiger partial charge on any atom is -0.478 e. The Balaban J connectivity index is 1.56. The Morgan fingerprint density at radius 3 is 2.47 bits per heavy atom. The van der Waals surface area contributed by atoms with Gasteiger partial charge in [0.25, 0.3) is 0 Å². The van der Waals surface area contributed by atoms with Crippen molar-refractivity contribution in [3.63, 3.8) is 0 Å². The molecule has 0 atom stereocenters. The van der Waals surface area contributed by atoms with E-state index in [1.54, 1.807) is 18.3 Å². The number of nitrogens with zero attached hydrogens (tertiary/aromatic N) is 4. The zero-order chi connectivity index (χ0) is 22.3. The summed E-state index contributed by atoms with van der Waals surface area (Å²) in [7, 11) is 0. The summed E-state index contributed by atoms with van der Waals surface area (Å²) in [5.41, 5.74) is 3.72. The SMILES string of the molecule is CCCCc1nc(Cc2ccccc2)nn1Cc1ccc(-c2ncccc2C(=O)O)cc1. The minimum absolute atomic E-state index is 0.198. The van der Waals surface area contributed by atoms with Gasteiger partial charge in [-0.1, -0.05) is 67.9 Å². The van der Waals surface area contributed by atoms with E-state index in [4.69, 9.17) is 10.1 Å². The highest BCUT2D eigenvalue weighted by atomic mass is 16.4. The first kappa shape index (κ1) is 21.4. The maximum absolute atomic E-state index is 11.5. The van der Waals surface area contributed by atoms with E-state index in [0.717, 1.165) is 42.0 Å². The summed E-state index contributed by atoms with van der Waals surface area (Å²) in [6.07, 6.45) is 5.39. The van der Waals surface area contributed by atoms with Crippen LogP contribution in [0.3, 0.4) is 0 Å². The molecule has 162 valence electrons. The highest BCUT2D eigenvalue weighted by Gasteiger charge is 2.14. The number of unbranched alkanes of at least 4 members (excludes halogenated alkanes) is 1. The van der Waals surface area contributed by atoms with Crippen LogP contribution in [0.15, 0.2) is 72.9 Å². The van der Waals surface area contributed by atoms with Crippen molar-refractivity contribution < 1.29 is 9.90 Å². The predicted octanol–water partition coefficient (Wildman–Crippen LogP) is 5.02. The van der Waals surface area contributed by atoms with E-state index in [1.807, 2.05) is 47.1 Å². The number of pyridine rings is 1. The summed E-state index contributed by atoms with van der Waals surface area (Å²) in [5, 5.41) is 14.2. The normalized spacial score (nSPS) is 10.9. The third kappa shape index (κ3) is 5.09. The van der Waals surface area contributed by atoms with Crippen LogP contribution in [0.2, 0.25) is 0 Å². The quantitative estimate of drug-likeness (QED) is 0.406. The molecule has 0 aliphatic rings. The lowest BCUT2D eigenvalue weighted by atomic mass is 10.0. The largest absolute Gasteiger partial charge is 0.478 e. The Morgan fingerprint density at radius 2 is 1.75 bits per heavy atom. The summed E-state index contributed by atoms with van der Waals surface area (Å²) >= 11 is 0. The number of rotatable bonds is 9. The van der Waals surface area contributed by atoms with Gasteiger partial charge in [0.05, 0.1) is 17.8 Å². The van der Waals surface area contributed by atoms with Gasteiger partial charge in [0, 0.05) is 24.6 Å². The van der Waals surface area contributed by atoms with Crippen molar-refractivity contribution in [2.24, 2.45) is 0 Å². The fourth-order valence-corrected chi connectivity index (χ4v) is 3.67. The first-order valence-electron chi connectivity index (χ1n) is 10.9. The molecule has 2 heterocycles. The number of hydrogen-bond donors (Lipinski definition) is 1. The van der Waals surface area contributed by atoms with E-state index < -0.39 is 5.97 Å². The Morgan fingerprint density at radius 1 is 0.969 bits per heavy atom. The van der Waals surface area contributed by atoms with Crippen molar-refractivity contribution in [1.29, 1.82) is 0 Å². The Bertz CT molecular complexity index is 1180. The lowest BCUT2D eigenvalue weighted by molar-refractivity contribution is 0.0697. The summed E-state index contributed by atoms with van der Waals surface area (Å²) in [4.78, 5) is 20.6. The van der Waals surface area contributed by atoms with Crippen LogP contribution in [0, 0.1) is 0 Å². The topological polar surface area (TPSA) is 80.9 Å². The lowest BCUT2D eigenvalue weighted by Gasteiger charge is -2.08. The van der Waals surface area contributed by atoms with E-state index in [2.05, 4.69) is 24.0 Å². The number of carboxylic acid groups (broad SMARTS) is 1. The first-order chi connectivity index (χ1) is 15.6. The highest BCUT2D eigenvalue weighted by Crippen LogP contribution is 2.22. The molecule has 4 rings (SSSR count). The van der Waals surface area contributed by atoms with Crippen LogP contribution in [-0.4, -0.2) is 30.8 Å². The third-order valence-electron chi connectivity index (χ3n) is 5.35. The number of benzene rings is 2. The zero-order valence-corrected chi connectivity index (χ0v) is 18.1. The fraction of sp³-hybridized carbons (Fsp3) is 0.231. The van der Waals surface area contributed by atoms with Gasteiger partial charge in [0.15, 0.2) is 5.82 Å². The number of carboxylic acids is 1. The number of aryl methyl sites for hydroxylation is 1. The molecular weight excluding hydrogens is 400 g/mol. The molecule has 0 saturated carbocycles. The highest BCUT2D eigenvalue weighted by molar-refractivity contribution is 5.94. The second-order valence-corrected chi connectivity index (χ2v) is 7.77. The maximum Gasteiger partial charge on any atom is 0.337 e. The van der Waals surface area contributed by atoms with Gasteiger partial charge < -0.3 is 5.11 Å². The van der Waals surface area contributed by atoms with Crippen molar-refractivity contribution in [3.8, 4) is 11.3 Å². The Labute approximate surface area is 187 Å². The van der Waals surface area contributed by atoms with Gasteiger partial charge in [0.2, 0.25) is 0 Å². The van der Waals surface area contributed by atoms with E-state index >= 15 is 0 Å². The molecule has 0 saturated heterocycles. The number of hydrogen-bond acceptors (Lipinski definition) is 4. The maximum atomic E-state index is 11.5. The number of carbonyl (C=O) groups is 1. The molecule has 32 heavy (non-hydrogen) atoms. The molecule has 0 aliphatic carbocycles. The zero-order valence-electron chi connectivity index (χ0n) is 18.1. The van der Waals surface area contributed by atoms with Crippen molar-refractivity contribution in [2.75, 3.05) is 0 Å². The van der Waals surface area contributed by atoms with Gasteiger partial charge in [-0.3, -0.25) is 4.98 Å². The van der Waals surface area contributed by atoms with Crippen LogP contribution >= 0.6 is 0 Å². The number of aromatic carboxylic acids is 1. The molecule has 2 aromatic heterocycles. The fourth-order valence-electron chi connectivity index (χ4n) is 3.67. The second-order valence-electron chi connectivity index (χ2n) is 7.77. The summed E-state index contributed by atoms with van der Waals surface area (Å²) in [6.45, 7) is 2.79. The van der Waals surface area contributed by atoms with Crippen molar-refractivity contribution in [1.82, 2.24) is 19.7 Å². The molecular formula is C26H26N4O2. The molecule has 0 spiro atoms. The monoisotopic (exact) mass is 426 g/mol. The standard InChI is InChI=1S/C26H26N4O2/c1-2-3-11-24-28-23(17-19-8-5-4-6-9-19)29-30(24)18-20-12-14-21(15-13-20)25-22(26(31)32)10-7-16-27-25/h4-10,12-16H,2-3,11,17-18H2,1H3,(H,31,32). The van der Waals surface area contributed by atoms with Crippen LogP contribution in [0.5, 0.6) is 0 Å². The van der Waals surface area contributed by atoms with Crippen molar-refractivity contribution >= 4 is 5.97 Å². The van der Waals surface area contributed by atoms with Crippen LogP contribution in [-0.2, 0) is 19.4 Å². The van der Waals surface area contributed by atoms with Crippen LogP contribution < -0.4 is 0 Å². The van der Waals surface area contributed by atoms with Crippen molar-refractivity contribution in [3.05, 3.63) is 101 Å². The van der Waals surface area contributed by atoms with E-state index in [-0.39, 0.29) is 5.56 Å². The molecule has 2 aromatic carbocycles. The summed E-state index contributed by atoms with van der Waals surface area (Å²) in [6, 6.07) is 21.3. The smallest absolute Gasteiger partial charge is 0.337 e. The second kappa shape index (κ2) is 10.0. The van der Waals surface area contributed by atoms with Gasteiger partial charge in [-0.05, 0) is 29.7 Å². The Hall–Kier alpha value is -3.80. The Kier molecular flexibility index (Phi) is 6.70. The van der Waals surface area contributed by atoms with Crippen LogP contribution in [0.25, 0.3) is 11.3 Å². The molecule has 1 N–H and O–H groups in total. The third-order valence-corrected chi connectivity index (χ3v) is 5.35. The molecule has 0 bridgehead atoms. The first-order valence-corrected chi connectivity index (χ1v) is 10.9. The van der Waals surface area contributed by atoms with Crippen LogP contribution in [0.4, 0.5) is 0 Å². The molecule has 6 heteroatoms. The summed E-state index contributed by atoms with van der Waals surface area (Å²) in [5.74, 6) is 0.851. The average molecular weight is 427 g/mol. The predicted molar refractivity (Wildman–Crippen MR) is 124 cm³/mol.